The highest BCUT2D eigenvalue weighted by Gasteiger charge is 2.20. The van der Waals surface area contributed by atoms with E-state index in [-0.39, 0.29) is 11.9 Å². The average Bonchev–Trinajstić information content (AvgIpc) is 2.59. The Morgan fingerprint density at radius 1 is 1.17 bits per heavy atom. The van der Waals surface area contributed by atoms with Crippen molar-refractivity contribution in [1.82, 2.24) is 0 Å². The average molecular weight is 324 g/mol. The number of para-hydroxylation sites is 1. The minimum absolute atomic E-state index is 0.216. The first-order chi connectivity index (χ1) is 11.7. The minimum atomic E-state index is -0.216. The lowest BCUT2D eigenvalue weighted by Crippen LogP contribution is -2.12. The van der Waals surface area contributed by atoms with Gasteiger partial charge in [0.25, 0.3) is 0 Å². The van der Waals surface area contributed by atoms with Crippen molar-refractivity contribution in [3.05, 3.63) is 59.2 Å². The quantitative estimate of drug-likeness (QED) is 0.583. The molecule has 0 aliphatic carbocycles. The monoisotopic (exact) mass is 324 g/mol. The van der Waals surface area contributed by atoms with Gasteiger partial charge in [-0.2, -0.15) is 0 Å². The van der Waals surface area contributed by atoms with E-state index in [0.717, 1.165) is 37.2 Å². The van der Waals surface area contributed by atoms with Crippen molar-refractivity contribution in [2.75, 3.05) is 6.61 Å². The molecule has 0 saturated heterocycles. The number of ether oxygens (including phenoxy) is 2. The van der Waals surface area contributed by atoms with Crippen LogP contribution < -0.4 is 4.74 Å². The molecule has 0 aromatic heterocycles. The number of carbonyl (C=O) groups is 1. The number of hydrogen-bond donors (Lipinski definition) is 0. The summed E-state index contributed by atoms with van der Waals surface area (Å²) in [6, 6.07) is 14.5. The van der Waals surface area contributed by atoms with E-state index in [0.29, 0.717) is 6.61 Å². The molecule has 3 nitrogen and oxygen atoms in total. The molecule has 0 radical (unpaired) electrons. The molecule has 0 N–H and O–H groups in total. The molecule has 0 fully saturated rings. The van der Waals surface area contributed by atoms with Crippen molar-refractivity contribution in [1.29, 1.82) is 0 Å². The van der Waals surface area contributed by atoms with Crippen molar-refractivity contribution in [2.45, 2.75) is 45.4 Å². The number of unbranched alkanes of at least 4 members (excludes halogenated alkanes) is 1. The van der Waals surface area contributed by atoms with Crippen LogP contribution in [-0.2, 0) is 16.0 Å². The molecule has 0 amide bonds. The molecular formula is C21H24O3. The van der Waals surface area contributed by atoms with Crippen LogP contribution in [0.5, 0.6) is 11.5 Å². The van der Waals surface area contributed by atoms with Crippen LogP contribution in [0.25, 0.3) is 0 Å². The van der Waals surface area contributed by atoms with Crippen LogP contribution in [0.1, 0.15) is 55.7 Å². The minimum Gasteiger partial charge on any atom is -0.465 e. The van der Waals surface area contributed by atoms with E-state index < -0.39 is 0 Å². The maximum Gasteiger partial charge on any atom is 0.302 e. The second kappa shape index (κ2) is 7.52. The standard InChI is InChI=1S/C21H24O3/c1-3-4-7-18(14-23-15(2)22)16-10-11-21-19(12-16)13-17-8-5-6-9-20(17)24-21/h5-6,8-12,18H,3-4,7,13-14H2,1-2H3. The van der Waals surface area contributed by atoms with Crippen molar-refractivity contribution in [3.63, 3.8) is 0 Å². The zero-order valence-corrected chi connectivity index (χ0v) is 14.4. The van der Waals surface area contributed by atoms with E-state index in [1.165, 1.54) is 23.6 Å². The van der Waals surface area contributed by atoms with Crippen LogP contribution in [-0.4, -0.2) is 12.6 Å². The summed E-state index contributed by atoms with van der Waals surface area (Å²) >= 11 is 0. The summed E-state index contributed by atoms with van der Waals surface area (Å²) in [4.78, 5) is 11.2. The topological polar surface area (TPSA) is 35.5 Å². The smallest absolute Gasteiger partial charge is 0.302 e. The van der Waals surface area contributed by atoms with Gasteiger partial charge in [0, 0.05) is 19.3 Å². The highest BCUT2D eigenvalue weighted by atomic mass is 16.5. The lowest BCUT2D eigenvalue weighted by atomic mass is 9.90. The summed E-state index contributed by atoms with van der Waals surface area (Å²) < 4.78 is 11.3. The normalized spacial score (nSPS) is 13.4. The number of carbonyl (C=O) groups excluding carboxylic acids is 1. The molecule has 0 bridgehead atoms. The number of fused-ring (bicyclic) bond motifs is 2. The summed E-state index contributed by atoms with van der Waals surface area (Å²) in [7, 11) is 0. The maximum absolute atomic E-state index is 11.2. The van der Waals surface area contributed by atoms with Gasteiger partial charge in [-0.15, -0.1) is 0 Å². The van der Waals surface area contributed by atoms with Crippen molar-refractivity contribution in [2.24, 2.45) is 0 Å². The van der Waals surface area contributed by atoms with Gasteiger partial charge in [0.1, 0.15) is 11.5 Å². The Labute approximate surface area is 143 Å². The highest BCUT2D eigenvalue weighted by molar-refractivity contribution is 5.66. The molecule has 1 aliphatic heterocycles. The third kappa shape index (κ3) is 3.78. The molecule has 2 aromatic rings. The molecule has 1 atom stereocenters. The van der Waals surface area contributed by atoms with Gasteiger partial charge in [-0.3, -0.25) is 4.79 Å². The fraction of sp³-hybridized carbons (Fsp3) is 0.381. The maximum atomic E-state index is 11.2. The van der Waals surface area contributed by atoms with Gasteiger partial charge < -0.3 is 9.47 Å². The van der Waals surface area contributed by atoms with Gasteiger partial charge in [0.15, 0.2) is 0 Å². The van der Waals surface area contributed by atoms with Crippen LogP contribution in [0.15, 0.2) is 42.5 Å². The van der Waals surface area contributed by atoms with E-state index in [1.54, 1.807) is 0 Å². The van der Waals surface area contributed by atoms with Gasteiger partial charge in [0.05, 0.1) is 6.61 Å². The summed E-state index contributed by atoms with van der Waals surface area (Å²) in [5.41, 5.74) is 3.65. The first-order valence-corrected chi connectivity index (χ1v) is 8.69. The summed E-state index contributed by atoms with van der Waals surface area (Å²) in [5, 5.41) is 0. The first-order valence-electron chi connectivity index (χ1n) is 8.69. The van der Waals surface area contributed by atoms with Crippen molar-refractivity contribution >= 4 is 5.97 Å². The van der Waals surface area contributed by atoms with Gasteiger partial charge in [-0.1, -0.05) is 50.1 Å². The van der Waals surface area contributed by atoms with E-state index in [1.807, 2.05) is 24.3 Å². The molecule has 0 saturated carbocycles. The van der Waals surface area contributed by atoms with Crippen LogP contribution >= 0.6 is 0 Å². The molecule has 0 spiro atoms. The molecule has 126 valence electrons. The molecule has 2 aromatic carbocycles. The van der Waals surface area contributed by atoms with Gasteiger partial charge >= 0.3 is 5.97 Å². The largest absolute Gasteiger partial charge is 0.465 e. The predicted octanol–water partition coefficient (Wildman–Crippen LogP) is 5.22. The molecule has 1 aliphatic rings. The third-order valence-corrected chi connectivity index (χ3v) is 4.52. The zero-order chi connectivity index (χ0) is 16.9. The molecule has 24 heavy (non-hydrogen) atoms. The van der Waals surface area contributed by atoms with E-state index in [4.69, 9.17) is 9.47 Å². The van der Waals surface area contributed by atoms with E-state index >= 15 is 0 Å². The first kappa shape index (κ1) is 16.6. The van der Waals surface area contributed by atoms with E-state index in [9.17, 15) is 4.79 Å². The Kier molecular flexibility index (Phi) is 5.19. The molecule has 3 rings (SSSR count). The fourth-order valence-electron chi connectivity index (χ4n) is 3.18. The second-order valence-corrected chi connectivity index (χ2v) is 6.40. The van der Waals surface area contributed by atoms with Crippen molar-refractivity contribution in [3.8, 4) is 11.5 Å². The van der Waals surface area contributed by atoms with Crippen molar-refractivity contribution < 1.29 is 14.3 Å². The Morgan fingerprint density at radius 3 is 2.75 bits per heavy atom. The Balaban J connectivity index is 1.82. The Bertz CT molecular complexity index is 721. The Morgan fingerprint density at radius 2 is 1.96 bits per heavy atom. The number of esters is 1. The van der Waals surface area contributed by atoms with Crippen LogP contribution in [0, 0.1) is 0 Å². The molecule has 1 heterocycles. The third-order valence-electron chi connectivity index (χ3n) is 4.52. The number of benzene rings is 2. The van der Waals surface area contributed by atoms with Crippen LogP contribution in [0.4, 0.5) is 0 Å². The highest BCUT2D eigenvalue weighted by Crippen LogP contribution is 2.38. The summed E-state index contributed by atoms with van der Waals surface area (Å²) in [5.74, 6) is 1.91. The number of hydrogen-bond acceptors (Lipinski definition) is 3. The van der Waals surface area contributed by atoms with Gasteiger partial charge in [-0.05, 0) is 35.2 Å². The summed E-state index contributed by atoms with van der Waals surface area (Å²) in [6.07, 6.45) is 4.17. The number of rotatable bonds is 6. The summed E-state index contributed by atoms with van der Waals surface area (Å²) in [6.45, 7) is 4.10. The predicted molar refractivity (Wildman–Crippen MR) is 94.7 cm³/mol. The van der Waals surface area contributed by atoms with Gasteiger partial charge in [0.2, 0.25) is 0 Å². The Hall–Kier alpha value is -2.29. The SMILES string of the molecule is CCCCC(COC(C)=O)c1ccc2c(c1)Cc1ccccc1O2. The lowest BCUT2D eigenvalue weighted by Gasteiger charge is -2.23. The fourth-order valence-corrected chi connectivity index (χ4v) is 3.18. The molecule has 1 unspecified atom stereocenters. The molecular weight excluding hydrogens is 300 g/mol. The van der Waals surface area contributed by atoms with Gasteiger partial charge in [-0.25, -0.2) is 0 Å². The van der Waals surface area contributed by atoms with Crippen LogP contribution in [0.3, 0.4) is 0 Å². The molecule has 3 heteroatoms. The van der Waals surface area contributed by atoms with E-state index in [2.05, 4.69) is 25.1 Å². The van der Waals surface area contributed by atoms with Crippen LogP contribution in [0.2, 0.25) is 0 Å². The lowest BCUT2D eigenvalue weighted by molar-refractivity contribution is -0.141. The second-order valence-electron chi connectivity index (χ2n) is 6.40. The zero-order valence-electron chi connectivity index (χ0n) is 14.4.